The lowest BCUT2D eigenvalue weighted by Crippen LogP contribution is -2.48. The smallest absolute Gasteiger partial charge is 0.223 e. The molecule has 0 aromatic rings. The highest BCUT2D eigenvalue weighted by molar-refractivity contribution is 5.79. The predicted octanol–water partition coefficient (Wildman–Crippen LogP) is 0.857. The van der Waals surface area contributed by atoms with E-state index in [2.05, 4.69) is 10.2 Å². The van der Waals surface area contributed by atoms with Crippen molar-refractivity contribution >= 4 is 5.91 Å². The molecule has 4 nitrogen and oxygen atoms in total. The molecule has 0 radical (unpaired) electrons. The summed E-state index contributed by atoms with van der Waals surface area (Å²) in [6.45, 7) is 2.39. The summed E-state index contributed by atoms with van der Waals surface area (Å²) >= 11 is 0. The maximum absolute atomic E-state index is 12.2. The zero-order valence-corrected chi connectivity index (χ0v) is 11.1. The van der Waals surface area contributed by atoms with Crippen LogP contribution in [-0.2, 0) is 4.79 Å². The summed E-state index contributed by atoms with van der Waals surface area (Å²) in [5.74, 6) is 0.443. The molecule has 3 rings (SSSR count). The van der Waals surface area contributed by atoms with Gasteiger partial charge in [-0.2, -0.15) is 0 Å². The maximum Gasteiger partial charge on any atom is 0.223 e. The van der Waals surface area contributed by atoms with Gasteiger partial charge in [0.2, 0.25) is 5.91 Å². The minimum absolute atomic E-state index is 0.178. The number of hydrogen-bond acceptors (Lipinski definition) is 3. The summed E-state index contributed by atoms with van der Waals surface area (Å²) in [6.07, 6.45) is 7.92. The standard InChI is InChI=1S/C14H25N3O/c15-11-5-4-10(9-11)14(18)16-12-6-8-17-7-2-1-3-13(12)17/h10-13H,1-9,15H2,(H,16,18). The highest BCUT2D eigenvalue weighted by Crippen LogP contribution is 2.29. The largest absolute Gasteiger partial charge is 0.352 e. The Kier molecular flexibility index (Phi) is 3.57. The summed E-state index contributed by atoms with van der Waals surface area (Å²) in [6, 6.07) is 1.25. The van der Waals surface area contributed by atoms with Gasteiger partial charge in [0.05, 0.1) is 0 Å². The Morgan fingerprint density at radius 3 is 2.78 bits per heavy atom. The average molecular weight is 251 g/mol. The van der Waals surface area contributed by atoms with Crippen molar-refractivity contribution in [3.63, 3.8) is 0 Å². The number of nitrogens with zero attached hydrogens (tertiary/aromatic N) is 1. The number of nitrogens with two attached hydrogens (primary N) is 1. The van der Waals surface area contributed by atoms with Gasteiger partial charge in [0.25, 0.3) is 0 Å². The molecule has 2 saturated heterocycles. The second-order valence-corrected chi connectivity index (χ2v) is 6.27. The Labute approximate surface area is 109 Å². The van der Waals surface area contributed by atoms with Crippen molar-refractivity contribution in [3.05, 3.63) is 0 Å². The van der Waals surface area contributed by atoms with Gasteiger partial charge in [-0.25, -0.2) is 0 Å². The molecule has 1 saturated carbocycles. The Bertz CT molecular complexity index is 320. The first-order valence-electron chi connectivity index (χ1n) is 7.54. The van der Waals surface area contributed by atoms with Gasteiger partial charge in [-0.1, -0.05) is 6.42 Å². The molecule has 2 heterocycles. The molecule has 0 spiro atoms. The number of piperidine rings is 1. The first kappa shape index (κ1) is 12.4. The van der Waals surface area contributed by atoms with E-state index in [-0.39, 0.29) is 17.9 Å². The van der Waals surface area contributed by atoms with Gasteiger partial charge < -0.3 is 11.1 Å². The minimum atomic E-state index is 0.178. The Balaban J connectivity index is 1.54. The first-order valence-corrected chi connectivity index (χ1v) is 7.54. The lowest BCUT2D eigenvalue weighted by Gasteiger charge is -2.32. The highest BCUT2D eigenvalue weighted by atomic mass is 16.2. The van der Waals surface area contributed by atoms with Gasteiger partial charge in [-0.05, 0) is 45.1 Å². The topological polar surface area (TPSA) is 58.4 Å². The molecule has 3 fully saturated rings. The van der Waals surface area contributed by atoms with Crippen molar-refractivity contribution in [1.29, 1.82) is 0 Å². The molecule has 1 aliphatic carbocycles. The molecule has 102 valence electrons. The number of fused-ring (bicyclic) bond motifs is 1. The van der Waals surface area contributed by atoms with Crippen LogP contribution in [0.3, 0.4) is 0 Å². The van der Waals surface area contributed by atoms with Crippen LogP contribution in [0.2, 0.25) is 0 Å². The maximum atomic E-state index is 12.2. The number of hydrogen-bond donors (Lipinski definition) is 2. The molecule has 4 atom stereocenters. The third kappa shape index (κ3) is 2.41. The van der Waals surface area contributed by atoms with Crippen LogP contribution in [-0.4, -0.2) is 42.0 Å². The Morgan fingerprint density at radius 1 is 1.11 bits per heavy atom. The second kappa shape index (κ2) is 5.17. The van der Waals surface area contributed by atoms with Crippen molar-refractivity contribution < 1.29 is 4.79 Å². The molecule has 4 heteroatoms. The third-order valence-corrected chi connectivity index (χ3v) is 5.03. The lowest BCUT2D eigenvalue weighted by molar-refractivity contribution is -0.125. The summed E-state index contributed by atoms with van der Waals surface area (Å²) in [5, 5.41) is 3.30. The first-order chi connectivity index (χ1) is 8.74. The minimum Gasteiger partial charge on any atom is -0.352 e. The van der Waals surface area contributed by atoms with Crippen molar-refractivity contribution in [2.24, 2.45) is 11.7 Å². The molecule has 4 unspecified atom stereocenters. The van der Waals surface area contributed by atoms with E-state index in [1.165, 1.54) is 32.4 Å². The van der Waals surface area contributed by atoms with E-state index in [1.807, 2.05) is 0 Å². The normalized spacial score (nSPS) is 40.7. The Hall–Kier alpha value is -0.610. The zero-order valence-electron chi connectivity index (χ0n) is 11.1. The van der Waals surface area contributed by atoms with Crippen LogP contribution < -0.4 is 11.1 Å². The van der Waals surface area contributed by atoms with E-state index in [1.54, 1.807) is 0 Å². The number of carbonyl (C=O) groups is 1. The summed E-state index contributed by atoms with van der Waals surface area (Å²) in [7, 11) is 0. The van der Waals surface area contributed by atoms with Crippen molar-refractivity contribution in [2.45, 2.75) is 63.1 Å². The molecule has 0 bridgehead atoms. The number of rotatable bonds is 2. The quantitative estimate of drug-likeness (QED) is 0.765. The molecule has 0 aromatic carbocycles. The monoisotopic (exact) mass is 251 g/mol. The predicted molar refractivity (Wildman–Crippen MR) is 71.1 cm³/mol. The number of amides is 1. The van der Waals surface area contributed by atoms with E-state index in [9.17, 15) is 4.79 Å². The average Bonchev–Trinajstić information content (AvgIpc) is 2.97. The van der Waals surface area contributed by atoms with Gasteiger partial charge in [0.1, 0.15) is 0 Å². The van der Waals surface area contributed by atoms with Crippen LogP contribution in [0.5, 0.6) is 0 Å². The molecule has 3 aliphatic rings. The highest BCUT2D eigenvalue weighted by Gasteiger charge is 2.37. The third-order valence-electron chi connectivity index (χ3n) is 5.03. The number of carbonyl (C=O) groups excluding carboxylic acids is 1. The fraction of sp³-hybridized carbons (Fsp3) is 0.929. The van der Waals surface area contributed by atoms with Crippen molar-refractivity contribution in [3.8, 4) is 0 Å². The SMILES string of the molecule is NC1CCC(C(=O)NC2CCN3CCCCC23)C1. The molecular formula is C14H25N3O. The van der Waals surface area contributed by atoms with Crippen LogP contribution >= 0.6 is 0 Å². The van der Waals surface area contributed by atoms with Crippen LogP contribution in [0.15, 0.2) is 0 Å². The summed E-state index contributed by atoms with van der Waals surface area (Å²) in [5.41, 5.74) is 5.89. The molecule has 0 aromatic heterocycles. The van der Waals surface area contributed by atoms with Crippen LogP contribution in [0, 0.1) is 5.92 Å². The van der Waals surface area contributed by atoms with E-state index < -0.39 is 0 Å². The van der Waals surface area contributed by atoms with E-state index in [0.29, 0.717) is 12.1 Å². The van der Waals surface area contributed by atoms with Crippen molar-refractivity contribution in [1.82, 2.24) is 10.2 Å². The molecule has 1 amide bonds. The summed E-state index contributed by atoms with van der Waals surface area (Å²) < 4.78 is 0. The van der Waals surface area contributed by atoms with Crippen LogP contribution in [0.4, 0.5) is 0 Å². The fourth-order valence-corrected chi connectivity index (χ4v) is 3.97. The summed E-state index contributed by atoms with van der Waals surface area (Å²) in [4.78, 5) is 14.8. The van der Waals surface area contributed by atoms with Crippen LogP contribution in [0.25, 0.3) is 0 Å². The van der Waals surface area contributed by atoms with Gasteiger partial charge in [0.15, 0.2) is 0 Å². The van der Waals surface area contributed by atoms with E-state index >= 15 is 0 Å². The number of nitrogens with one attached hydrogen (secondary N) is 1. The molecule has 18 heavy (non-hydrogen) atoms. The van der Waals surface area contributed by atoms with Gasteiger partial charge in [-0.15, -0.1) is 0 Å². The molecule has 2 aliphatic heterocycles. The zero-order chi connectivity index (χ0) is 12.5. The van der Waals surface area contributed by atoms with Gasteiger partial charge in [0, 0.05) is 30.6 Å². The Morgan fingerprint density at radius 2 is 2.00 bits per heavy atom. The van der Waals surface area contributed by atoms with Gasteiger partial charge >= 0.3 is 0 Å². The van der Waals surface area contributed by atoms with E-state index in [0.717, 1.165) is 25.7 Å². The molecular weight excluding hydrogens is 226 g/mol. The lowest BCUT2D eigenvalue weighted by atomic mass is 9.98. The van der Waals surface area contributed by atoms with Gasteiger partial charge in [-0.3, -0.25) is 9.69 Å². The second-order valence-electron chi connectivity index (χ2n) is 6.27. The molecule has 3 N–H and O–H groups in total. The van der Waals surface area contributed by atoms with Crippen LogP contribution in [0.1, 0.15) is 44.9 Å². The van der Waals surface area contributed by atoms with E-state index in [4.69, 9.17) is 5.73 Å². The van der Waals surface area contributed by atoms with Crippen molar-refractivity contribution in [2.75, 3.05) is 13.1 Å². The fourth-order valence-electron chi connectivity index (χ4n) is 3.97.